The van der Waals surface area contributed by atoms with Gasteiger partial charge < -0.3 is 25.2 Å². The first-order valence-electron chi connectivity index (χ1n) is 24.9. The fraction of sp³-hybridized carbons (Fsp3) is 0.878. The number of phosphoric acid groups is 1. The largest absolute Gasteiger partial charge is 0.480 e. The van der Waals surface area contributed by atoms with Crippen LogP contribution in [0.4, 0.5) is 0 Å². The van der Waals surface area contributed by atoms with Gasteiger partial charge in [0.05, 0.1) is 19.8 Å². The summed E-state index contributed by atoms with van der Waals surface area (Å²) in [6.45, 7) is 3.89. The summed E-state index contributed by atoms with van der Waals surface area (Å²) in [6.07, 6.45) is 50.9. The van der Waals surface area contributed by atoms with Crippen LogP contribution >= 0.6 is 7.82 Å². The summed E-state index contributed by atoms with van der Waals surface area (Å²) in [6, 6.07) is -1.47. The summed E-state index contributed by atoms with van der Waals surface area (Å²) in [5.74, 6) is -1.77. The van der Waals surface area contributed by atoms with Gasteiger partial charge >= 0.3 is 19.8 Å². The van der Waals surface area contributed by atoms with Gasteiger partial charge in [0.15, 0.2) is 0 Å². The van der Waals surface area contributed by atoms with E-state index in [0.29, 0.717) is 13.0 Å². The third kappa shape index (κ3) is 44.5. The highest BCUT2D eigenvalue weighted by Gasteiger charge is 2.27. The summed E-state index contributed by atoms with van der Waals surface area (Å²) in [5, 5.41) is 8.92. The summed E-state index contributed by atoms with van der Waals surface area (Å²) in [5.41, 5.74) is 5.37. The molecule has 3 unspecified atom stereocenters. The van der Waals surface area contributed by atoms with Crippen LogP contribution < -0.4 is 5.73 Å². The van der Waals surface area contributed by atoms with Crippen LogP contribution in [-0.4, -0.2) is 60.5 Å². The van der Waals surface area contributed by atoms with E-state index in [9.17, 15) is 19.0 Å². The molecule has 0 aromatic rings. The third-order valence-electron chi connectivity index (χ3n) is 11.0. The first kappa shape index (κ1) is 58.5. The minimum atomic E-state index is -4.62. The van der Waals surface area contributed by atoms with Crippen LogP contribution in [0.25, 0.3) is 0 Å². The van der Waals surface area contributed by atoms with Crippen LogP contribution in [0.3, 0.4) is 0 Å². The van der Waals surface area contributed by atoms with E-state index in [0.717, 1.165) is 44.9 Å². The number of carbonyl (C=O) groups excluding carboxylic acids is 1. The zero-order valence-electron chi connectivity index (χ0n) is 38.8. The monoisotopic (exact) mass is 872 g/mol. The maximum absolute atomic E-state index is 12.7. The smallest absolute Gasteiger partial charge is 0.472 e. The molecule has 0 amide bonds. The Kier molecular flexibility index (Phi) is 44.3. The average molecular weight is 872 g/mol. The first-order valence-corrected chi connectivity index (χ1v) is 26.4. The lowest BCUT2D eigenvalue weighted by Crippen LogP contribution is -2.34. The number of ether oxygens (including phenoxy) is 2. The lowest BCUT2D eigenvalue weighted by molar-refractivity contribution is -0.154. The zero-order chi connectivity index (χ0) is 44.0. The van der Waals surface area contributed by atoms with Crippen molar-refractivity contribution < 1.29 is 42.7 Å². The van der Waals surface area contributed by atoms with Gasteiger partial charge in [0.2, 0.25) is 0 Å². The minimum absolute atomic E-state index is 0.0156. The molecule has 11 heteroatoms. The normalized spacial score (nSPS) is 13.9. The summed E-state index contributed by atoms with van der Waals surface area (Å²) in [7, 11) is -4.62. The van der Waals surface area contributed by atoms with Crippen molar-refractivity contribution in [1.29, 1.82) is 0 Å². The van der Waals surface area contributed by atoms with Crippen molar-refractivity contribution in [1.82, 2.24) is 0 Å². The Morgan fingerprint density at radius 1 is 0.517 bits per heavy atom. The molecule has 354 valence electrons. The number of carboxylic acids is 1. The van der Waals surface area contributed by atoms with E-state index in [4.69, 9.17) is 29.4 Å². The van der Waals surface area contributed by atoms with Crippen LogP contribution in [0.5, 0.6) is 0 Å². The van der Waals surface area contributed by atoms with E-state index in [1.54, 1.807) is 0 Å². The maximum atomic E-state index is 12.7. The topological polar surface area (TPSA) is 155 Å². The Morgan fingerprint density at radius 2 is 0.867 bits per heavy atom. The standard InChI is InChI=1S/C49H94NO9P/c1-3-5-7-9-11-13-15-17-19-20-21-22-23-24-25-26-27-29-31-33-35-37-39-41-48(51)59-46(44-57-60(54,55)58-45-47(50)49(52)53)43-56-42-40-38-36-34-32-30-28-18-16-14-12-10-8-6-4-2/h16,18,20-21,46-47H,3-15,17,19,22-45,50H2,1-2H3,(H,52,53)(H,54,55)/b18-16-,21-20-. The molecule has 0 rings (SSSR count). The highest BCUT2D eigenvalue weighted by atomic mass is 31.2. The van der Waals surface area contributed by atoms with Gasteiger partial charge in [-0.05, 0) is 64.2 Å². The molecule has 0 fully saturated rings. The highest BCUT2D eigenvalue weighted by Crippen LogP contribution is 2.43. The number of esters is 1. The molecule has 3 atom stereocenters. The molecule has 0 aliphatic heterocycles. The summed E-state index contributed by atoms with van der Waals surface area (Å²) in [4.78, 5) is 33.6. The summed E-state index contributed by atoms with van der Waals surface area (Å²) >= 11 is 0. The molecule has 0 radical (unpaired) electrons. The van der Waals surface area contributed by atoms with Crippen LogP contribution in [0, 0.1) is 0 Å². The van der Waals surface area contributed by atoms with Gasteiger partial charge in [-0.25, -0.2) is 4.57 Å². The Morgan fingerprint density at radius 3 is 1.27 bits per heavy atom. The maximum Gasteiger partial charge on any atom is 0.472 e. The van der Waals surface area contributed by atoms with Crippen molar-refractivity contribution in [3.63, 3.8) is 0 Å². The van der Waals surface area contributed by atoms with Crippen molar-refractivity contribution in [2.24, 2.45) is 5.73 Å². The Bertz CT molecular complexity index is 1060. The number of hydrogen-bond donors (Lipinski definition) is 3. The second-order valence-corrected chi connectivity index (χ2v) is 18.4. The molecule has 10 nitrogen and oxygen atoms in total. The fourth-order valence-corrected chi connectivity index (χ4v) is 7.84. The Labute approximate surface area is 368 Å². The third-order valence-corrected chi connectivity index (χ3v) is 11.9. The zero-order valence-corrected chi connectivity index (χ0v) is 39.7. The predicted octanol–water partition coefficient (Wildman–Crippen LogP) is 14.3. The summed E-state index contributed by atoms with van der Waals surface area (Å²) < 4.78 is 33.4. The van der Waals surface area contributed by atoms with Crippen molar-refractivity contribution in [2.45, 2.75) is 251 Å². The van der Waals surface area contributed by atoms with E-state index in [1.165, 1.54) is 167 Å². The number of carbonyl (C=O) groups is 2. The molecular formula is C49H94NO9P. The van der Waals surface area contributed by atoms with E-state index >= 15 is 0 Å². The van der Waals surface area contributed by atoms with E-state index in [1.807, 2.05) is 0 Å². The molecular weight excluding hydrogens is 778 g/mol. The van der Waals surface area contributed by atoms with E-state index < -0.39 is 45.1 Å². The van der Waals surface area contributed by atoms with Gasteiger partial charge in [0.25, 0.3) is 0 Å². The molecule has 0 aliphatic rings. The lowest BCUT2D eigenvalue weighted by atomic mass is 10.0. The van der Waals surface area contributed by atoms with Gasteiger partial charge in [-0.1, -0.05) is 192 Å². The van der Waals surface area contributed by atoms with Gasteiger partial charge in [-0.15, -0.1) is 0 Å². The van der Waals surface area contributed by atoms with Crippen molar-refractivity contribution in [2.75, 3.05) is 26.4 Å². The van der Waals surface area contributed by atoms with E-state index in [-0.39, 0.29) is 13.0 Å². The highest BCUT2D eigenvalue weighted by molar-refractivity contribution is 7.47. The second-order valence-electron chi connectivity index (χ2n) is 16.9. The molecule has 0 saturated heterocycles. The number of allylic oxidation sites excluding steroid dienone is 4. The average Bonchev–Trinajstić information content (AvgIpc) is 3.23. The predicted molar refractivity (Wildman–Crippen MR) is 249 cm³/mol. The molecule has 0 aromatic carbocycles. The van der Waals surface area contributed by atoms with Crippen LogP contribution in [-0.2, 0) is 32.7 Å². The van der Waals surface area contributed by atoms with Crippen LogP contribution in [0.2, 0.25) is 0 Å². The molecule has 0 aliphatic carbocycles. The number of phosphoric ester groups is 1. The SMILES string of the molecule is CCCCCCC/C=C\CCCCCCCCOCC(COP(=O)(O)OCC(N)C(=O)O)OC(=O)CCCCCCCCCCCCC/C=C\CCCCCCCCCC. The number of rotatable bonds is 48. The quantitative estimate of drug-likeness (QED) is 0.0233. The Hall–Kier alpha value is -1.55. The number of nitrogens with two attached hydrogens (primary N) is 1. The van der Waals surface area contributed by atoms with E-state index in [2.05, 4.69) is 38.2 Å². The lowest BCUT2D eigenvalue weighted by Gasteiger charge is -2.20. The number of carboxylic acid groups (broad SMARTS) is 1. The number of aliphatic carboxylic acids is 1. The molecule has 60 heavy (non-hydrogen) atoms. The van der Waals surface area contributed by atoms with Crippen LogP contribution in [0.15, 0.2) is 24.3 Å². The van der Waals surface area contributed by atoms with Crippen molar-refractivity contribution in [3.8, 4) is 0 Å². The first-order chi connectivity index (χ1) is 29.2. The Balaban J connectivity index is 4.11. The van der Waals surface area contributed by atoms with Gasteiger partial charge in [0.1, 0.15) is 12.1 Å². The molecule has 0 aromatic heterocycles. The number of unbranched alkanes of at least 4 members (excludes halogenated alkanes) is 30. The van der Waals surface area contributed by atoms with Gasteiger partial charge in [-0.3, -0.25) is 18.6 Å². The molecule has 0 bridgehead atoms. The van der Waals surface area contributed by atoms with Crippen molar-refractivity contribution >= 4 is 19.8 Å². The minimum Gasteiger partial charge on any atom is -0.480 e. The van der Waals surface area contributed by atoms with Gasteiger partial charge in [-0.2, -0.15) is 0 Å². The van der Waals surface area contributed by atoms with Crippen LogP contribution in [0.1, 0.15) is 239 Å². The van der Waals surface area contributed by atoms with Crippen molar-refractivity contribution in [3.05, 3.63) is 24.3 Å². The second kappa shape index (κ2) is 45.5. The molecule has 0 spiro atoms. The van der Waals surface area contributed by atoms with Gasteiger partial charge in [0, 0.05) is 13.0 Å². The molecule has 0 saturated carbocycles. The molecule has 0 heterocycles. The fourth-order valence-electron chi connectivity index (χ4n) is 7.07. The number of hydrogen-bond acceptors (Lipinski definition) is 8. The molecule has 4 N–H and O–H groups in total.